The van der Waals surface area contributed by atoms with Gasteiger partial charge in [0, 0.05) is 18.2 Å². The van der Waals surface area contributed by atoms with Gasteiger partial charge in [-0.25, -0.2) is 18.7 Å². The van der Waals surface area contributed by atoms with E-state index in [9.17, 15) is 14.5 Å². The van der Waals surface area contributed by atoms with Crippen molar-refractivity contribution in [2.75, 3.05) is 12.3 Å². The molecule has 0 aromatic carbocycles. The Bertz CT molecular complexity index is 1790. The minimum Gasteiger partial charge on any atom is -0.385 e. The SMILES string of the molecule is Nc1cc2c(ncn2[C@@H]2OC3CC4[C@@H](COP(O)(=S)O[C@@H]2[C@@H]3F)O[C@@H](n2ccc3c(=O)[nH]cnc32)[C@H]4F)c(=O)[nH]1. The van der Waals surface area contributed by atoms with Gasteiger partial charge in [0.05, 0.1) is 42.4 Å². The van der Waals surface area contributed by atoms with Gasteiger partial charge in [0.2, 0.25) is 0 Å². The summed E-state index contributed by atoms with van der Waals surface area (Å²) >= 11 is 5.15. The highest BCUT2D eigenvalue weighted by Gasteiger charge is 2.55. The number of halogens is 2. The topological polar surface area (TPSA) is 185 Å². The van der Waals surface area contributed by atoms with E-state index in [0.717, 1.165) is 0 Å². The minimum absolute atomic E-state index is 0.0294. The average molecular weight is 597 g/mol. The van der Waals surface area contributed by atoms with Crippen molar-refractivity contribution < 1.29 is 32.2 Å². The number of nitrogen functional groups attached to an aromatic ring is 1. The first-order chi connectivity index (χ1) is 19.1. The Morgan fingerprint density at radius 3 is 2.75 bits per heavy atom. The van der Waals surface area contributed by atoms with Crippen molar-refractivity contribution in [3.8, 4) is 0 Å². The average Bonchev–Trinajstić information content (AvgIpc) is 3.65. The second kappa shape index (κ2) is 9.24. The molecule has 7 rings (SSSR count). The number of aromatic nitrogens is 6. The van der Waals surface area contributed by atoms with Gasteiger partial charge >= 0.3 is 6.72 Å². The summed E-state index contributed by atoms with van der Waals surface area (Å²) in [4.78, 5) is 48.4. The van der Waals surface area contributed by atoms with Gasteiger partial charge in [-0.15, -0.1) is 0 Å². The Hall–Kier alpha value is -3.05. The van der Waals surface area contributed by atoms with Gasteiger partial charge < -0.3 is 43.7 Å². The van der Waals surface area contributed by atoms with Crippen LogP contribution >= 0.6 is 6.72 Å². The fourth-order valence-corrected chi connectivity index (χ4v) is 7.13. The number of H-pyrrole nitrogens is 2. The molecule has 3 saturated heterocycles. The zero-order valence-electron chi connectivity index (χ0n) is 20.3. The maximum absolute atomic E-state index is 16.1. The Morgan fingerprint density at radius 2 is 1.93 bits per heavy atom. The first kappa shape index (κ1) is 25.9. The molecule has 4 aromatic rings. The van der Waals surface area contributed by atoms with Crippen molar-refractivity contribution in [1.82, 2.24) is 29.1 Å². The number of anilines is 1. The van der Waals surface area contributed by atoms with Crippen LogP contribution in [0.2, 0.25) is 0 Å². The number of alkyl halides is 2. The summed E-state index contributed by atoms with van der Waals surface area (Å²) in [6.45, 7) is -4.41. The normalized spacial score (nSPS) is 36.3. The second-order valence-corrected chi connectivity index (χ2v) is 12.7. The van der Waals surface area contributed by atoms with E-state index in [2.05, 4.69) is 19.9 Å². The molecule has 0 amide bonds. The monoisotopic (exact) mass is 597 g/mol. The third-order valence-electron chi connectivity index (χ3n) is 7.56. The Morgan fingerprint density at radius 1 is 1.12 bits per heavy atom. The lowest BCUT2D eigenvalue weighted by molar-refractivity contribution is -0.0427. The number of hydrogen-bond acceptors (Lipinski definition) is 10. The molecule has 3 aliphatic heterocycles. The molecule has 7 heterocycles. The molecule has 0 saturated carbocycles. The van der Waals surface area contributed by atoms with E-state index in [4.69, 9.17) is 36.1 Å². The minimum atomic E-state index is -4.08. The van der Waals surface area contributed by atoms with Crippen LogP contribution in [0.15, 0.2) is 40.6 Å². The van der Waals surface area contributed by atoms with Crippen LogP contribution in [0.5, 0.6) is 0 Å². The number of ether oxygens (including phenoxy) is 2. The van der Waals surface area contributed by atoms with Gasteiger partial charge in [0.15, 0.2) is 30.3 Å². The highest BCUT2D eigenvalue weighted by molar-refractivity contribution is 8.07. The van der Waals surface area contributed by atoms with E-state index in [-0.39, 0.29) is 40.9 Å². The number of nitrogens with one attached hydrogen (secondary N) is 2. The molecule has 0 radical (unpaired) electrons. The van der Waals surface area contributed by atoms with Crippen molar-refractivity contribution in [3.05, 3.63) is 51.7 Å². The van der Waals surface area contributed by atoms with Crippen LogP contribution in [0, 0.1) is 5.92 Å². The summed E-state index contributed by atoms with van der Waals surface area (Å²) < 4.78 is 57.9. The molecule has 0 aliphatic carbocycles. The van der Waals surface area contributed by atoms with Gasteiger partial charge in [-0.2, -0.15) is 0 Å². The second-order valence-electron chi connectivity index (χ2n) is 9.88. The van der Waals surface area contributed by atoms with Gasteiger partial charge in [-0.1, -0.05) is 0 Å². The van der Waals surface area contributed by atoms with Crippen LogP contribution in [0.3, 0.4) is 0 Å². The lowest BCUT2D eigenvalue weighted by Crippen LogP contribution is -2.36. The van der Waals surface area contributed by atoms with Crippen molar-refractivity contribution in [1.29, 1.82) is 0 Å². The largest absolute Gasteiger partial charge is 0.385 e. The summed E-state index contributed by atoms with van der Waals surface area (Å²) in [6.07, 6.45) is -5.83. The molecule has 5 N–H and O–H groups in total. The van der Waals surface area contributed by atoms with E-state index in [1.54, 1.807) is 0 Å². The van der Waals surface area contributed by atoms with E-state index >= 15 is 8.78 Å². The number of imidazole rings is 1. The van der Waals surface area contributed by atoms with Crippen LogP contribution in [0.25, 0.3) is 22.1 Å². The van der Waals surface area contributed by atoms with Gasteiger partial charge in [0.1, 0.15) is 17.6 Å². The molecule has 18 heteroatoms. The maximum Gasteiger partial charge on any atom is 0.325 e. The lowest BCUT2D eigenvalue weighted by Gasteiger charge is -2.28. The molecule has 4 aromatic heterocycles. The third-order valence-corrected chi connectivity index (χ3v) is 9.12. The summed E-state index contributed by atoms with van der Waals surface area (Å²) in [6, 6.07) is 2.92. The quantitative estimate of drug-likeness (QED) is 0.243. The summed E-state index contributed by atoms with van der Waals surface area (Å²) in [7, 11) is 0. The van der Waals surface area contributed by atoms with Crippen LogP contribution in [0.1, 0.15) is 18.9 Å². The molecule has 3 aliphatic rings. The Kier molecular flexibility index (Phi) is 5.98. The number of nitrogens with two attached hydrogens (primary N) is 1. The standard InChI is InChI=1S/C22H22F2N7O7PS/c23-14-9-3-11-15(24)17(22(36-11)31-7-28-16-10(31)4-13(25)29-20(16)33)38-39(34,40)35-5-12(9)37-21(14)30-2-1-8-18(30)26-6-27-19(8)32/h1-2,4,6-7,9,11-12,14-15,17,21-22H,3,5H2,(H,34,40)(H3,25,29,33)(H,26,27,32)/t9?,11?,12-,14+,15-,17-,21-,22-,39?/m1/s1. The maximum atomic E-state index is 16.1. The van der Waals surface area contributed by atoms with Gasteiger partial charge in [-0.05, 0) is 24.3 Å². The first-order valence-corrected chi connectivity index (χ1v) is 14.8. The molecule has 0 spiro atoms. The number of aromatic amines is 2. The van der Waals surface area contributed by atoms with Crippen molar-refractivity contribution >= 4 is 46.4 Å². The highest BCUT2D eigenvalue weighted by atomic mass is 32.5. The van der Waals surface area contributed by atoms with Crippen molar-refractivity contribution in [3.63, 3.8) is 0 Å². The first-order valence-electron chi connectivity index (χ1n) is 12.3. The van der Waals surface area contributed by atoms with E-state index in [1.165, 1.54) is 40.1 Å². The summed E-state index contributed by atoms with van der Waals surface area (Å²) in [5.41, 5.74) is 5.31. The molecule has 3 unspecified atom stereocenters. The smallest absolute Gasteiger partial charge is 0.325 e. The van der Waals surface area contributed by atoms with E-state index < -0.39 is 66.9 Å². The predicted octanol–water partition coefficient (Wildman–Crippen LogP) is 1.15. The number of pyridine rings is 1. The van der Waals surface area contributed by atoms with Gasteiger partial charge in [0.25, 0.3) is 11.1 Å². The summed E-state index contributed by atoms with van der Waals surface area (Å²) in [5.74, 6) is -0.902. The predicted molar refractivity (Wildman–Crippen MR) is 138 cm³/mol. The molecule has 212 valence electrons. The van der Waals surface area contributed by atoms with Crippen LogP contribution in [-0.4, -0.2) is 71.2 Å². The van der Waals surface area contributed by atoms with Crippen LogP contribution < -0.4 is 16.9 Å². The number of nitrogens with zero attached hydrogens (tertiary/aromatic N) is 4. The Balaban J connectivity index is 1.25. The van der Waals surface area contributed by atoms with Crippen LogP contribution in [-0.2, 0) is 30.3 Å². The lowest BCUT2D eigenvalue weighted by atomic mass is 9.91. The number of fused-ring (bicyclic) bond motifs is 5. The Labute approximate surface area is 227 Å². The molecule has 14 nitrogen and oxygen atoms in total. The fourth-order valence-electron chi connectivity index (χ4n) is 5.73. The molecule has 3 fully saturated rings. The van der Waals surface area contributed by atoms with Crippen LogP contribution in [0.4, 0.5) is 14.6 Å². The van der Waals surface area contributed by atoms with Gasteiger partial charge in [-0.3, -0.25) is 14.1 Å². The third kappa shape index (κ3) is 4.03. The molecule has 9 atom stereocenters. The van der Waals surface area contributed by atoms with E-state index in [0.29, 0.717) is 0 Å². The summed E-state index contributed by atoms with van der Waals surface area (Å²) in [5, 5.41) is 0.243. The fraction of sp³-hybridized carbons (Fsp3) is 0.455. The zero-order valence-corrected chi connectivity index (χ0v) is 22.0. The van der Waals surface area contributed by atoms with Crippen molar-refractivity contribution in [2.45, 2.75) is 49.5 Å². The molecule has 40 heavy (non-hydrogen) atoms. The highest BCUT2D eigenvalue weighted by Crippen LogP contribution is 2.54. The number of rotatable bonds is 2. The molecular weight excluding hydrogens is 575 g/mol. The molecular formula is C22H22F2N7O7PS. The zero-order chi connectivity index (χ0) is 27.9. The van der Waals surface area contributed by atoms with Crippen molar-refractivity contribution in [2.24, 2.45) is 5.92 Å². The molecule has 2 bridgehead atoms. The van der Waals surface area contributed by atoms with E-state index in [1.807, 2.05) is 0 Å². The number of hydrogen-bond donors (Lipinski definition) is 4.